The Bertz CT molecular complexity index is 982. The van der Waals surface area contributed by atoms with Crippen molar-refractivity contribution in [2.45, 2.75) is 37.8 Å². The quantitative estimate of drug-likeness (QED) is 0.723. The van der Waals surface area contributed by atoms with Crippen molar-refractivity contribution in [3.05, 3.63) is 63.9 Å². The fourth-order valence-electron chi connectivity index (χ4n) is 3.58. The van der Waals surface area contributed by atoms with Gasteiger partial charge in [0.2, 0.25) is 5.91 Å². The molecule has 0 unspecified atom stereocenters. The van der Waals surface area contributed by atoms with E-state index in [1.807, 2.05) is 6.07 Å². The van der Waals surface area contributed by atoms with Crippen LogP contribution in [0.4, 0.5) is 13.6 Å². The fraction of sp³-hybridized carbons (Fsp3) is 0.381. The number of nitrogens with zero attached hydrogens (tertiary/aromatic N) is 2. The maximum Gasteiger partial charge on any atom is 0.318 e. The Labute approximate surface area is 177 Å². The third kappa shape index (κ3) is 3.96. The molecule has 6 nitrogen and oxygen atoms in total. The first-order valence-electron chi connectivity index (χ1n) is 9.81. The summed E-state index contributed by atoms with van der Waals surface area (Å²) in [5.74, 6) is -1.65. The summed E-state index contributed by atoms with van der Waals surface area (Å²) in [5, 5.41) is 4.82. The van der Waals surface area contributed by atoms with E-state index in [4.69, 9.17) is 11.6 Å². The van der Waals surface area contributed by atoms with E-state index in [-0.39, 0.29) is 11.5 Å². The van der Waals surface area contributed by atoms with Crippen LogP contribution in [-0.4, -0.2) is 41.0 Å². The highest BCUT2D eigenvalue weighted by Gasteiger charge is 2.32. The van der Waals surface area contributed by atoms with Crippen LogP contribution in [0.25, 0.3) is 0 Å². The van der Waals surface area contributed by atoms with Crippen LogP contribution >= 0.6 is 11.6 Å². The van der Waals surface area contributed by atoms with E-state index in [9.17, 15) is 18.4 Å². The van der Waals surface area contributed by atoms with Crippen LogP contribution < -0.4 is 10.6 Å². The minimum atomic E-state index is -0.950. The maximum atomic E-state index is 14.8. The van der Waals surface area contributed by atoms with Gasteiger partial charge in [0, 0.05) is 36.5 Å². The number of halogens is 3. The third-order valence-electron chi connectivity index (χ3n) is 5.54. The van der Waals surface area contributed by atoms with Crippen LogP contribution in [0.15, 0.2) is 30.5 Å². The molecular formula is C21H21ClF2N4O2. The number of urea groups is 1. The highest BCUT2D eigenvalue weighted by atomic mass is 35.5. The lowest BCUT2D eigenvalue weighted by Gasteiger charge is -2.34. The highest BCUT2D eigenvalue weighted by Crippen LogP contribution is 2.39. The van der Waals surface area contributed by atoms with Gasteiger partial charge in [-0.1, -0.05) is 23.7 Å². The number of benzene rings is 1. The second-order valence-corrected chi connectivity index (χ2v) is 7.98. The topological polar surface area (TPSA) is 74.3 Å². The average molecular weight is 435 g/mol. The number of aromatic nitrogens is 1. The van der Waals surface area contributed by atoms with Gasteiger partial charge < -0.3 is 15.5 Å². The van der Waals surface area contributed by atoms with Gasteiger partial charge in [0.1, 0.15) is 22.7 Å². The predicted octanol–water partition coefficient (Wildman–Crippen LogP) is 3.51. The minimum absolute atomic E-state index is 0.0184. The summed E-state index contributed by atoms with van der Waals surface area (Å²) in [6.45, 7) is 2.26. The molecule has 1 aliphatic heterocycles. The third-order valence-corrected chi connectivity index (χ3v) is 5.89. The number of amides is 3. The lowest BCUT2D eigenvalue weighted by molar-refractivity contribution is -0.126. The first kappa shape index (κ1) is 20.5. The Morgan fingerprint density at radius 1 is 1.30 bits per heavy atom. The zero-order chi connectivity index (χ0) is 21.4. The summed E-state index contributed by atoms with van der Waals surface area (Å²) in [7, 11) is 0. The summed E-state index contributed by atoms with van der Waals surface area (Å²) in [6, 6.07) is 3.78. The summed E-state index contributed by atoms with van der Waals surface area (Å²) in [4.78, 5) is 30.7. The van der Waals surface area contributed by atoms with Crippen LogP contribution in [-0.2, 0) is 4.79 Å². The van der Waals surface area contributed by atoms with Crippen LogP contribution in [0.5, 0.6) is 0 Å². The molecule has 1 aromatic carbocycles. The van der Waals surface area contributed by atoms with Crippen molar-refractivity contribution in [1.82, 2.24) is 20.5 Å². The summed E-state index contributed by atoms with van der Waals surface area (Å²) >= 11 is 5.78. The highest BCUT2D eigenvalue weighted by molar-refractivity contribution is 6.31. The monoisotopic (exact) mass is 434 g/mol. The van der Waals surface area contributed by atoms with E-state index in [1.165, 1.54) is 11.0 Å². The zero-order valence-corrected chi connectivity index (χ0v) is 17.0. The number of rotatable bonds is 4. The average Bonchev–Trinajstić information content (AvgIpc) is 3.58. The van der Waals surface area contributed by atoms with Crippen LogP contribution in [0, 0.1) is 11.6 Å². The van der Waals surface area contributed by atoms with E-state index < -0.39 is 34.8 Å². The van der Waals surface area contributed by atoms with E-state index in [1.54, 1.807) is 19.2 Å². The molecule has 4 rings (SSSR count). The maximum absolute atomic E-state index is 14.8. The largest absolute Gasteiger partial charge is 0.353 e. The van der Waals surface area contributed by atoms with Crippen LogP contribution in [0.1, 0.15) is 48.5 Å². The first-order valence-corrected chi connectivity index (χ1v) is 10.2. The molecule has 1 aromatic heterocycles. The van der Waals surface area contributed by atoms with E-state index in [0.29, 0.717) is 24.6 Å². The molecule has 1 aliphatic carbocycles. The Balaban J connectivity index is 1.67. The van der Waals surface area contributed by atoms with Crippen LogP contribution in [0.2, 0.25) is 5.02 Å². The molecule has 2 atom stereocenters. The van der Waals surface area contributed by atoms with E-state index in [2.05, 4.69) is 15.6 Å². The summed E-state index contributed by atoms with van der Waals surface area (Å²) < 4.78 is 28.5. The molecule has 0 radical (unpaired) electrons. The smallest absolute Gasteiger partial charge is 0.318 e. The lowest BCUT2D eigenvalue weighted by atomic mass is 9.99. The molecule has 2 heterocycles. The number of piperazine rings is 1. The Morgan fingerprint density at radius 3 is 2.73 bits per heavy atom. The molecule has 2 N–H and O–H groups in total. The van der Waals surface area contributed by atoms with Gasteiger partial charge >= 0.3 is 6.03 Å². The summed E-state index contributed by atoms with van der Waals surface area (Å²) in [5.41, 5.74) is 1.50. The Morgan fingerprint density at radius 2 is 2.07 bits per heavy atom. The standard InChI is InChI=1S/C21H21ClF2N4O2/c1-11-20(29)25-8-9-28(11)21(30)27-19(14-5-6-15(23)17(22)18(14)24)13-4-7-16(26-10-13)12-2-3-12/h4-7,10-12,19H,2-3,8-9H2,1H3,(H,25,29)(H,27,30)/t11-,19+/m1/s1. The van der Waals surface area contributed by atoms with Crippen LogP contribution in [0.3, 0.4) is 0 Å². The Hall–Kier alpha value is -2.74. The van der Waals surface area contributed by atoms with Gasteiger partial charge in [-0.2, -0.15) is 0 Å². The lowest BCUT2D eigenvalue weighted by Crippen LogP contribution is -2.58. The van der Waals surface area contributed by atoms with Gasteiger partial charge in [0.05, 0.1) is 6.04 Å². The van der Waals surface area contributed by atoms with Crippen molar-refractivity contribution in [3.8, 4) is 0 Å². The predicted molar refractivity (Wildman–Crippen MR) is 107 cm³/mol. The molecule has 0 spiro atoms. The van der Waals surface area contributed by atoms with Gasteiger partial charge in [0.15, 0.2) is 0 Å². The number of hydrogen-bond acceptors (Lipinski definition) is 3. The molecule has 9 heteroatoms. The van der Waals surface area contributed by atoms with Gasteiger partial charge in [-0.25, -0.2) is 13.6 Å². The van der Waals surface area contributed by atoms with E-state index in [0.717, 1.165) is 24.6 Å². The number of pyridine rings is 1. The molecule has 2 fully saturated rings. The van der Waals surface area contributed by atoms with Crippen molar-refractivity contribution in [1.29, 1.82) is 0 Å². The van der Waals surface area contributed by atoms with E-state index >= 15 is 0 Å². The number of nitrogens with one attached hydrogen (secondary N) is 2. The number of hydrogen-bond donors (Lipinski definition) is 2. The molecule has 1 saturated heterocycles. The number of carbonyl (C=O) groups is 2. The molecule has 2 aromatic rings. The second kappa shape index (κ2) is 8.18. The second-order valence-electron chi connectivity index (χ2n) is 7.60. The van der Waals surface area contributed by atoms with Gasteiger partial charge in [0.25, 0.3) is 0 Å². The molecule has 30 heavy (non-hydrogen) atoms. The van der Waals surface area contributed by atoms with Gasteiger partial charge in [-0.05, 0) is 37.5 Å². The molecule has 158 valence electrons. The minimum Gasteiger partial charge on any atom is -0.353 e. The number of carbonyl (C=O) groups excluding carboxylic acids is 2. The molecule has 0 bridgehead atoms. The molecule has 3 amide bonds. The van der Waals surface area contributed by atoms with Crippen molar-refractivity contribution < 1.29 is 18.4 Å². The SMILES string of the molecule is C[C@@H]1C(=O)NCCN1C(=O)N[C@@H](c1ccc(C2CC2)nc1)c1ccc(F)c(Cl)c1F. The summed E-state index contributed by atoms with van der Waals surface area (Å²) in [6.07, 6.45) is 3.76. The molecular weight excluding hydrogens is 414 g/mol. The van der Waals surface area contributed by atoms with Gasteiger partial charge in [-0.3, -0.25) is 9.78 Å². The molecule has 1 saturated carbocycles. The van der Waals surface area contributed by atoms with Crippen molar-refractivity contribution in [3.63, 3.8) is 0 Å². The zero-order valence-electron chi connectivity index (χ0n) is 16.3. The Kier molecular flexibility index (Phi) is 5.60. The van der Waals surface area contributed by atoms with Crippen molar-refractivity contribution >= 4 is 23.5 Å². The fourth-order valence-corrected chi connectivity index (χ4v) is 3.75. The normalized spacial score (nSPS) is 19.9. The first-order chi connectivity index (χ1) is 14.4. The van der Waals surface area contributed by atoms with Crippen molar-refractivity contribution in [2.75, 3.05) is 13.1 Å². The van der Waals surface area contributed by atoms with Crippen molar-refractivity contribution in [2.24, 2.45) is 0 Å². The molecule has 2 aliphatic rings. The van der Waals surface area contributed by atoms with Gasteiger partial charge in [-0.15, -0.1) is 0 Å².